The zero-order valence-corrected chi connectivity index (χ0v) is 11.2. The minimum atomic E-state index is -0.224. The fourth-order valence-corrected chi connectivity index (χ4v) is 2.22. The van der Waals surface area contributed by atoms with Crippen LogP contribution in [0.15, 0.2) is 35.7 Å². The monoisotopic (exact) mass is 262 g/mol. The van der Waals surface area contributed by atoms with Crippen LogP contribution in [0.1, 0.15) is 12.6 Å². The van der Waals surface area contributed by atoms with Crippen molar-refractivity contribution in [3.63, 3.8) is 0 Å². The van der Waals surface area contributed by atoms with Gasteiger partial charge in [-0.05, 0) is 44.3 Å². The number of rotatable bonds is 4. The number of nitrogens with zero attached hydrogens (tertiary/aromatic N) is 1. The molecule has 1 aromatic heterocycles. The van der Waals surface area contributed by atoms with Crippen molar-refractivity contribution in [2.45, 2.75) is 13.0 Å². The second-order valence-electron chi connectivity index (χ2n) is 4.02. The van der Waals surface area contributed by atoms with Gasteiger partial charge in [0.25, 0.3) is 0 Å². The van der Waals surface area contributed by atoms with E-state index < -0.39 is 0 Å². The Bertz CT molecular complexity index is 531. The molecular formula is C14H15FN2S. The van der Waals surface area contributed by atoms with Crippen molar-refractivity contribution in [2.24, 2.45) is 0 Å². The molecule has 0 aliphatic heterocycles. The molecule has 1 unspecified atom stereocenters. The molecule has 94 valence electrons. The van der Waals surface area contributed by atoms with Gasteiger partial charge in [0, 0.05) is 17.0 Å². The summed E-state index contributed by atoms with van der Waals surface area (Å²) >= 11 is 1.56. The lowest BCUT2D eigenvalue weighted by atomic mass is 10.2. The molecule has 0 amide bonds. The van der Waals surface area contributed by atoms with Crippen LogP contribution >= 0.6 is 11.3 Å². The maximum Gasteiger partial charge on any atom is 0.124 e. The molecule has 1 heterocycles. The Labute approximate surface area is 110 Å². The number of aromatic nitrogens is 1. The molecule has 0 aliphatic carbocycles. The van der Waals surface area contributed by atoms with Gasteiger partial charge in [-0.15, -0.1) is 11.3 Å². The van der Waals surface area contributed by atoms with Gasteiger partial charge in [0.1, 0.15) is 10.8 Å². The Kier molecular flexibility index (Phi) is 4.23. The number of likely N-dealkylation sites (N-methyl/N-ethyl adjacent to an activating group) is 1. The number of hydrogen-bond acceptors (Lipinski definition) is 3. The lowest BCUT2D eigenvalue weighted by molar-refractivity contribution is 0.628. The van der Waals surface area contributed by atoms with E-state index in [2.05, 4.69) is 23.3 Å². The summed E-state index contributed by atoms with van der Waals surface area (Å²) in [6, 6.07) is 6.72. The highest BCUT2D eigenvalue weighted by molar-refractivity contribution is 7.13. The van der Waals surface area contributed by atoms with Crippen LogP contribution in [0, 0.1) is 5.82 Å². The van der Waals surface area contributed by atoms with E-state index in [0.717, 1.165) is 16.3 Å². The zero-order chi connectivity index (χ0) is 13.0. The molecule has 0 fully saturated rings. The van der Waals surface area contributed by atoms with Gasteiger partial charge in [0.15, 0.2) is 0 Å². The minimum absolute atomic E-state index is 0.224. The van der Waals surface area contributed by atoms with Gasteiger partial charge in [-0.1, -0.05) is 6.08 Å². The molecule has 2 aromatic rings. The minimum Gasteiger partial charge on any atom is -0.314 e. The summed E-state index contributed by atoms with van der Waals surface area (Å²) in [6.07, 6.45) is 4.05. The quantitative estimate of drug-likeness (QED) is 0.911. The molecule has 1 N–H and O–H groups in total. The van der Waals surface area contributed by atoms with Gasteiger partial charge in [-0.25, -0.2) is 9.37 Å². The molecule has 0 bridgehead atoms. The topological polar surface area (TPSA) is 24.9 Å². The highest BCUT2D eigenvalue weighted by atomic mass is 32.1. The Hall–Kier alpha value is -1.52. The molecule has 0 radical (unpaired) electrons. The van der Waals surface area contributed by atoms with Gasteiger partial charge in [-0.2, -0.15) is 0 Å². The SMILES string of the molecule is CNC(C)/C=C/c1csc(-c2ccc(F)cc2)n1. The number of halogens is 1. The number of nitrogens with one attached hydrogen (secondary N) is 1. The van der Waals surface area contributed by atoms with E-state index in [-0.39, 0.29) is 5.82 Å². The predicted molar refractivity (Wildman–Crippen MR) is 75.1 cm³/mol. The molecule has 0 saturated heterocycles. The summed E-state index contributed by atoms with van der Waals surface area (Å²) in [4.78, 5) is 4.50. The van der Waals surface area contributed by atoms with Crippen LogP contribution in [-0.4, -0.2) is 18.1 Å². The van der Waals surface area contributed by atoms with Gasteiger partial charge >= 0.3 is 0 Å². The van der Waals surface area contributed by atoms with Gasteiger partial charge < -0.3 is 5.32 Å². The summed E-state index contributed by atoms with van der Waals surface area (Å²) in [5.41, 5.74) is 1.88. The normalized spacial score (nSPS) is 13.1. The molecule has 4 heteroatoms. The van der Waals surface area contributed by atoms with Crippen LogP contribution in [0.5, 0.6) is 0 Å². The lowest BCUT2D eigenvalue weighted by Crippen LogP contribution is -2.17. The largest absolute Gasteiger partial charge is 0.314 e. The Morgan fingerprint density at radius 3 is 2.72 bits per heavy atom. The van der Waals surface area contributed by atoms with Crippen LogP contribution in [0.25, 0.3) is 16.6 Å². The Morgan fingerprint density at radius 2 is 2.06 bits per heavy atom. The van der Waals surface area contributed by atoms with E-state index >= 15 is 0 Å². The molecule has 2 nitrogen and oxygen atoms in total. The third-order valence-corrected chi connectivity index (χ3v) is 3.53. The third kappa shape index (κ3) is 3.24. The molecule has 1 atom stereocenters. The predicted octanol–water partition coefficient (Wildman–Crippen LogP) is 3.57. The van der Waals surface area contributed by atoms with Gasteiger partial charge in [-0.3, -0.25) is 0 Å². The number of benzene rings is 1. The van der Waals surface area contributed by atoms with Crippen LogP contribution in [-0.2, 0) is 0 Å². The highest BCUT2D eigenvalue weighted by Gasteiger charge is 2.03. The fourth-order valence-electron chi connectivity index (χ4n) is 1.43. The fraction of sp³-hybridized carbons (Fsp3) is 0.214. The first-order valence-electron chi connectivity index (χ1n) is 5.76. The van der Waals surface area contributed by atoms with Gasteiger partial charge in [0.05, 0.1) is 5.69 Å². The van der Waals surface area contributed by atoms with Crippen molar-refractivity contribution in [3.8, 4) is 10.6 Å². The molecule has 0 aliphatic rings. The van der Waals surface area contributed by atoms with E-state index in [1.165, 1.54) is 12.1 Å². The summed E-state index contributed by atoms with van der Waals surface area (Å²) in [6.45, 7) is 2.07. The van der Waals surface area contributed by atoms with Crippen LogP contribution in [0.3, 0.4) is 0 Å². The molecule has 18 heavy (non-hydrogen) atoms. The average molecular weight is 262 g/mol. The van der Waals surface area contributed by atoms with Crippen molar-refractivity contribution >= 4 is 17.4 Å². The lowest BCUT2D eigenvalue weighted by Gasteiger charge is -2.00. The Morgan fingerprint density at radius 1 is 1.33 bits per heavy atom. The van der Waals surface area contributed by atoms with Crippen molar-refractivity contribution < 1.29 is 4.39 Å². The van der Waals surface area contributed by atoms with E-state index in [1.54, 1.807) is 23.5 Å². The van der Waals surface area contributed by atoms with Crippen LogP contribution < -0.4 is 5.32 Å². The van der Waals surface area contributed by atoms with Crippen molar-refractivity contribution in [1.29, 1.82) is 0 Å². The maximum absolute atomic E-state index is 12.8. The number of thiazole rings is 1. The molecule has 2 rings (SSSR count). The summed E-state index contributed by atoms with van der Waals surface area (Å²) in [7, 11) is 1.92. The molecule has 0 spiro atoms. The van der Waals surface area contributed by atoms with Crippen LogP contribution in [0.4, 0.5) is 4.39 Å². The Balaban J connectivity index is 2.15. The zero-order valence-electron chi connectivity index (χ0n) is 10.4. The first kappa shape index (κ1) is 12.9. The van der Waals surface area contributed by atoms with E-state index in [4.69, 9.17) is 0 Å². The van der Waals surface area contributed by atoms with Crippen LogP contribution in [0.2, 0.25) is 0 Å². The number of hydrogen-bond donors (Lipinski definition) is 1. The average Bonchev–Trinajstić information content (AvgIpc) is 2.85. The summed E-state index contributed by atoms with van der Waals surface area (Å²) in [5.74, 6) is -0.224. The first-order chi connectivity index (χ1) is 8.69. The third-order valence-electron chi connectivity index (χ3n) is 2.62. The van der Waals surface area contributed by atoms with Gasteiger partial charge in [0.2, 0.25) is 0 Å². The molecule has 1 aromatic carbocycles. The summed E-state index contributed by atoms with van der Waals surface area (Å²) < 4.78 is 12.8. The standard InChI is InChI=1S/C14H15FN2S/c1-10(16-2)3-8-13-9-18-14(17-13)11-4-6-12(15)7-5-11/h3-10,16H,1-2H3/b8-3+. The van der Waals surface area contributed by atoms with E-state index in [9.17, 15) is 4.39 Å². The summed E-state index contributed by atoms with van der Waals surface area (Å²) in [5, 5.41) is 6.03. The van der Waals surface area contributed by atoms with E-state index in [0.29, 0.717) is 6.04 Å². The maximum atomic E-state index is 12.8. The van der Waals surface area contributed by atoms with Crippen molar-refractivity contribution in [2.75, 3.05) is 7.05 Å². The van der Waals surface area contributed by atoms with Crippen molar-refractivity contribution in [3.05, 3.63) is 47.2 Å². The van der Waals surface area contributed by atoms with Crippen molar-refractivity contribution in [1.82, 2.24) is 10.3 Å². The van der Waals surface area contributed by atoms with E-state index in [1.807, 2.05) is 18.5 Å². The molecule has 0 saturated carbocycles. The smallest absolute Gasteiger partial charge is 0.124 e. The second-order valence-corrected chi connectivity index (χ2v) is 4.88. The second kappa shape index (κ2) is 5.89. The molecular weight excluding hydrogens is 247 g/mol. The highest BCUT2D eigenvalue weighted by Crippen LogP contribution is 2.24. The first-order valence-corrected chi connectivity index (χ1v) is 6.64.